The lowest BCUT2D eigenvalue weighted by molar-refractivity contribution is 0.153. The summed E-state index contributed by atoms with van der Waals surface area (Å²) in [6, 6.07) is 4.70. The van der Waals surface area contributed by atoms with Gasteiger partial charge in [0.15, 0.2) is 0 Å². The molecule has 24 heavy (non-hydrogen) atoms. The largest absolute Gasteiger partial charge is 0.396 e. The Labute approximate surface area is 143 Å². The molecule has 1 aliphatic carbocycles. The van der Waals surface area contributed by atoms with Crippen molar-refractivity contribution < 1.29 is 14.3 Å². The highest BCUT2D eigenvalue weighted by Gasteiger charge is 2.25. The number of rotatable bonds is 6. The first-order valence-corrected chi connectivity index (χ1v) is 8.57. The third-order valence-electron chi connectivity index (χ3n) is 4.51. The van der Waals surface area contributed by atoms with Crippen LogP contribution >= 0.6 is 0 Å². The van der Waals surface area contributed by atoms with E-state index in [-0.39, 0.29) is 30.4 Å². The smallest absolute Gasteiger partial charge is 0.315 e. The van der Waals surface area contributed by atoms with Gasteiger partial charge in [-0.1, -0.05) is 18.9 Å². The van der Waals surface area contributed by atoms with E-state index in [1.807, 2.05) is 19.0 Å². The molecule has 6 heteroatoms. The third-order valence-corrected chi connectivity index (χ3v) is 4.51. The Kier molecular flexibility index (Phi) is 6.99. The van der Waals surface area contributed by atoms with Gasteiger partial charge in [0, 0.05) is 37.2 Å². The second-order valence-electron chi connectivity index (χ2n) is 6.82. The lowest BCUT2D eigenvalue weighted by atomic mass is 9.85. The van der Waals surface area contributed by atoms with Crippen LogP contribution in [0.25, 0.3) is 0 Å². The number of benzene rings is 1. The van der Waals surface area contributed by atoms with Crippen molar-refractivity contribution in [2.45, 2.75) is 44.8 Å². The van der Waals surface area contributed by atoms with E-state index < -0.39 is 0 Å². The molecule has 0 spiro atoms. The van der Waals surface area contributed by atoms with Crippen molar-refractivity contribution in [3.63, 3.8) is 0 Å². The highest BCUT2D eigenvalue weighted by Crippen LogP contribution is 2.23. The van der Waals surface area contributed by atoms with Crippen molar-refractivity contribution in [2.75, 3.05) is 20.7 Å². The topological polar surface area (TPSA) is 64.6 Å². The van der Waals surface area contributed by atoms with Crippen LogP contribution in [0.4, 0.5) is 9.18 Å². The Bertz CT molecular complexity index is 551. The van der Waals surface area contributed by atoms with Gasteiger partial charge >= 0.3 is 6.03 Å². The van der Waals surface area contributed by atoms with E-state index in [9.17, 15) is 14.3 Å². The molecule has 3 N–H and O–H groups in total. The van der Waals surface area contributed by atoms with Gasteiger partial charge in [-0.05, 0) is 44.6 Å². The van der Waals surface area contributed by atoms with Gasteiger partial charge in [-0.25, -0.2) is 9.18 Å². The number of urea groups is 1. The van der Waals surface area contributed by atoms with Gasteiger partial charge in [-0.3, -0.25) is 0 Å². The first kappa shape index (κ1) is 18.7. The number of carbonyl (C=O) groups excluding carboxylic acids is 1. The van der Waals surface area contributed by atoms with Crippen molar-refractivity contribution >= 4 is 6.03 Å². The van der Waals surface area contributed by atoms with E-state index in [2.05, 4.69) is 10.6 Å². The van der Waals surface area contributed by atoms with Crippen LogP contribution in [0.5, 0.6) is 0 Å². The average Bonchev–Trinajstić information content (AvgIpc) is 2.55. The molecule has 1 fully saturated rings. The Morgan fingerprint density at radius 1 is 1.33 bits per heavy atom. The number of halogens is 1. The molecule has 0 radical (unpaired) electrons. The number of hydrogen-bond donors (Lipinski definition) is 3. The summed E-state index contributed by atoms with van der Waals surface area (Å²) in [4.78, 5) is 14.0. The van der Waals surface area contributed by atoms with Gasteiger partial charge in [0.1, 0.15) is 5.82 Å². The predicted molar refractivity (Wildman–Crippen MR) is 92.0 cm³/mol. The standard InChI is InChI=1S/C18H28FN3O2/c1-22(2)11-15-9-13(7-8-16(15)19)10-20-18(24)21-17-6-4-3-5-14(17)12-23/h7-9,14,17,23H,3-6,10-12H2,1-2H3,(H2,20,21,24). The van der Waals surface area contributed by atoms with Crippen molar-refractivity contribution in [1.29, 1.82) is 0 Å². The van der Waals surface area contributed by atoms with Crippen LogP contribution < -0.4 is 10.6 Å². The maximum Gasteiger partial charge on any atom is 0.315 e. The Balaban J connectivity index is 1.87. The molecular formula is C18H28FN3O2. The zero-order valence-electron chi connectivity index (χ0n) is 14.5. The SMILES string of the molecule is CN(C)Cc1cc(CNC(=O)NC2CCCCC2CO)ccc1F. The van der Waals surface area contributed by atoms with Crippen molar-refractivity contribution in [3.8, 4) is 0 Å². The maximum absolute atomic E-state index is 13.8. The zero-order chi connectivity index (χ0) is 17.5. The summed E-state index contributed by atoms with van der Waals surface area (Å²) >= 11 is 0. The van der Waals surface area contributed by atoms with Crippen LogP contribution in [0.15, 0.2) is 18.2 Å². The fourth-order valence-corrected chi connectivity index (χ4v) is 3.22. The van der Waals surface area contributed by atoms with Crippen molar-refractivity contribution in [1.82, 2.24) is 15.5 Å². The molecule has 0 aliphatic heterocycles. The molecule has 0 saturated heterocycles. The third kappa shape index (κ3) is 5.46. The van der Waals surface area contributed by atoms with Crippen LogP contribution in [0, 0.1) is 11.7 Å². The lowest BCUT2D eigenvalue weighted by Crippen LogP contribution is -2.47. The molecule has 0 heterocycles. The van der Waals surface area contributed by atoms with Crippen LogP contribution in [0.1, 0.15) is 36.8 Å². The fourth-order valence-electron chi connectivity index (χ4n) is 3.22. The predicted octanol–water partition coefficient (Wildman–Crippen LogP) is 2.24. The molecule has 1 aliphatic rings. The summed E-state index contributed by atoms with van der Waals surface area (Å²) in [7, 11) is 3.78. The number of amides is 2. The molecule has 1 aromatic carbocycles. The van der Waals surface area contributed by atoms with E-state index in [1.54, 1.807) is 12.1 Å². The summed E-state index contributed by atoms with van der Waals surface area (Å²) in [5, 5.41) is 15.2. The summed E-state index contributed by atoms with van der Waals surface area (Å²) < 4.78 is 13.8. The highest BCUT2D eigenvalue weighted by molar-refractivity contribution is 5.74. The molecule has 2 rings (SSSR count). The zero-order valence-corrected chi connectivity index (χ0v) is 14.5. The van der Waals surface area contributed by atoms with Crippen LogP contribution in [0.2, 0.25) is 0 Å². The van der Waals surface area contributed by atoms with E-state index >= 15 is 0 Å². The van der Waals surface area contributed by atoms with E-state index in [0.29, 0.717) is 18.7 Å². The quantitative estimate of drug-likeness (QED) is 0.746. The Hall–Kier alpha value is -1.66. The average molecular weight is 337 g/mol. The number of nitrogens with zero attached hydrogens (tertiary/aromatic N) is 1. The minimum atomic E-state index is -0.237. The molecule has 0 bridgehead atoms. The molecule has 134 valence electrons. The second-order valence-corrected chi connectivity index (χ2v) is 6.82. The first-order valence-electron chi connectivity index (χ1n) is 8.57. The number of aliphatic hydroxyl groups excluding tert-OH is 1. The van der Waals surface area contributed by atoms with Crippen molar-refractivity contribution in [3.05, 3.63) is 35.1 Å². The monoisotopic (exact) mass is 337 g/mol. The number of hydrogen-bond acceptors (Lipinski definition) is 3. The maximum atomic E-state index is 13.8. The summed E-state index contributed by atoms with van der Waals surface area (Å²) in [6.07, 6.45) is 4.04. The second kappa shape index (κ2) is 8.99. The van der Waals surface area contributed by atoms with Gasteiger partial charge in [-0.15, -0.1) is 0 Å². The molecule has 1 aromatic rings. The van der Waals surface area contributed by atoms with Crippen molar-refractivity contribution in [2.24, 2.45) is 5.92 Å². The lowest BCUT2D eigenvalue weighted by Gasteiger charge is -2.30. The van der Waals surface area contributed by atoms with Crippen LogP contribution in [0.3, 0.4) is 0 Å². The fraction of sp³-hybridized carbons (Fsp3) is 0.611. The van der Waals surface area contributed by atoms with Gasteiger partial charge in [0.05, 0.1) is 0 Å². The molecule has 2 atom stereocenters. The van der Waals surface area contributed by atoms with Gasteiger partial charge in [0.25, 0.3) is 0 Å². The Morgan fingerprint density at radius 3 is 2.79 bits per heavy atom. The molecule has 0 aromatic heterocycles. The minimum absolute atomic E-state index is 0.0290. The van der Waals surface area contributed by atoms with E-state index in [1.165, 1.54) is 6.07 Å². The normalized spacial score (nSPS) is 20.9. The Morgan fingerprint density at radius 2 is 2.08 bits per heavy atom. The summed E-state index contributed by atoms with van der Waals surface area (Å²) in [5.41, 5.74) is 1.48. The van der Waals surface area contributed by atoms with Gasteiger partial charge in [0.2, 0.25) is 0 Å². The molecule has 2 amide bonds. The van der Waals surface area contributed by atoms with Gasteiger partial charge < -0.3 is 20.6 Å². The molecule has 5 nitrogen and oxygen atoms in total. The van der Waals surface area contributed by atoms with Gasteiger partial charge in [-0.2, -0.15) is 0 Å². The van der Waals surface area contributed by atoms with E-state index in [4.69, 9.17) is 0 Å². The van der Waals surface area contributed by atoms with Crippen LogP contribution in [-0.4, -0.2) is 42.8 Å². The van der Waals surface area contributed by atoms with E-state index in [0.717, 1.165) is 31.2 Å². The number of nitrogens with one attached hydrogen (secondary N) is 2. The van der Waals surface area contributed by atoms with Crippen LogP contribution in [-0.2, 0) is 13.1 Å². The number of aliphatic hydroxyl groups is 1. The summed E-state index contributed by atoms with van der Waals surface area (Å²) in [6.45, 7) is 0.978. The summed E-state index contributed by atoms with van der Waals surface area (Å²) in [5.74, 6) is -0.0908. The highest BCUT2D eigenvalue weighted by atomic mass is 19.1. The number of carbonyl (C=O) groups is 1. The first-order chi connectivity index (χ1) is 11.5. The minimum Gasteiger partial charge on any atom is -0.396 e. The molecular weight excluding hydrogens is 309 g/mol. The molecule has 1 saturated carbocycles. The molecule has 2 unspecified atom stereocenters.